The Morgan fingerprint density at radius 3 is 2.37 bits per heavy atom. The van der Waals surface area contributed by atoms with Crippen molar-refractivity contribution in [2.45, 2.75) is 33.2 Å². The fourth-order valence-corrected chi connectivity index (χ4v) is 2.01. The highest BCUT2D eigenvalue weighted by Gasteiger charge is 2.01. The van der Waals surface area contributed by atoms with Gasteiger partial charge in [-0.05, 0) is 44.5 Å². The first kappa shape index (κ1) is 15.5. The first-order valence-electron chi connectivity index (χ1n) is 6.93. The van der Waals surface area contributed by atoms with Gasteiger partial charge in [-0.3, -0.25) is 4.79 Å². The highest BCUT2D eigenvalue weighted by molar-refractivity contribution is 5.66. The van der Waals surface area contributed by atoms with E-state index < -0.39 is 5.97 Å². The maximum Gasteiger partial charge on any atom is 0.303 e. The molecular weight excluding hydrogens is 240 g/mol. The predicted octanol–water partition coefficient (Wildman–Crippen LogP) is 2.49. The highest BCUT2D eigenvalue weighted by atomic mass is 16.4. The second kappa shape index (κ2) is 8.53. The Balaban J connectivity index is 2.34. The van der Waals surface area contributed by atoms with Crippen molar-refractivity contribution in [2.24, 2.45) is 0 Å². The van der Waals surface area contributed by atoms with E-state index in [1.54, 1.807) is 0 Å². The molecule has 1 aromatic rings. The number of carboxylic acids is 1. The van der Waals surface area contributed by atoms with E-state index in [1.807, 2.05) is 0 Å². The van der Waals surface area contributed by atoms with Gasteiger partial charge < -0.3 is 15.3 Å². The first-order chi connectivity index (χ1) is 9.17. The molecule has 2 N–H and O–H groups in total. The Bertz CT molecular complexity index is 372. The lowest BCUT2D eigenvalue weighted by Gasteiger charge is -2.21. The van der Waals surface area contributed by atoms with Crippen LogP contribution in [0.15, 0.2) is 24.3 Å². The van der Waals surface area contributed by atoms with E-state index in [0.29, 0.717) is 6.42 Å². The average molecular weight is 264 g/mol. The second-order valence-corrected chi connectivity index (χ2v) is 4.51. The van der Waals surface area contributed by atoms with Crippen LogP contribution in [0.2, 0.25) is 0 Å². The van der Waals surface area contributed by atoms with Crippen LogP contribution in [0.5, 0.6) is 0 Å². The Kier molecular flexibility index (Phi) is 6.97. The molecule has 4 nitrogen and oxygen atoms in total. The summed E-state index contributed by atoms with van der Waals surface area (Å²) in [6.07, 6.45) is 0.904. The molecule has 1 aromatic carbocycles. The third-order valence-corrected chi connectivity index (χ3v) is 3.14. The molecule has 0 saturated carbocycles. The number of carbonyl (C=O) groups is 1. The normalized spacial score (nSPS) is 10.4. The monoisotopic (exact) mass is 264 g/mol. The summed E-state index contributed by atoms with van der Waals surface area (Å²) >= 11 is 0. The molecule has 0 aliphatic carbocycles. The van der Waals surface area contributed by atoms with E-state index in [-0.39, 0.29) is 6.42 Å². The summed E-state index contributed by atoms with van der Waals surface area (Å²) in [7, 11) is 0. The molecule has 0 atom stereocenters. The van der Waals surface area contributed by atoms with Gasteiger partial charge in [0.2, 0.25) is 0 Å². The van der Waals surface area contributed by atoms with Crippen LogP contribution in [-0.2, 0) is 11.3 Å². The largest absolute Gasteiger partial charge is 0.481 e. The predicted molar refractivity (Wildman–Crippen MR) is 78.6 cm³/mol. The van der Waals surface area contributed by atoms with Crippen molar-refractivity contribution >= 4 is 11.7 Å². The van der Waals surface area contributed by atoms with E-state index in [9.17, 15) is 4.79 Å². The van der Waals surface area contributed by atoms with Crippen LogP contribution in [-0.4, -0.2) is 30.7 Å². The standard InChI is InChI=1S/C15H24N2O2/c1-3-17(4-2)14-9-7-13(8-10-14)12-16-11-5-6-15(18)19/h7-10,16H,3-6,11-12H2,1-2H3,(H,18,19). The number of hydrogen-bond acceptors (Lipinski definition) is 3. The molecule has 0 radical (unpaired) electrons. The number of nitrogens with zero attached hydrogens (tertiary/aromatic N) is 1. The van der Waals surface area contributed by atoms with Crippen molar-refractivity contribution in [3.05, 3.63) is 29.8 Å². The van der Waals surface area contributed by atoms with E-state index >= 15 is 0 Å². The zero-order chi connectivity index (χ0) is 14.1. The average Bonchev–Trinajstić information content (AvgIpc) is 2.41. The second-order valence-electron chi connectivity index (χ2n) is 4.51. The molecule has 0 aliphatic rings. The van der Waals surface area contributed by atoms with Gasteiger partial charge in [-0.15, -0.1) is 0 Å². The first-order valence-corrected chi connectivity index (χ1v) is 6.93. The van der Waals surface area contributed by atoms with Gasteiger partial charge >= 0.3 is 5.97 Å². The number of anilines is 1. The quantitative estimate of drug-likeness (QED) is 0.673. The third kappa shape index (κ3) is 5.75. The molecular formula is C15H24N2O2. The van der Waals surface area contributed by atoms with Gasteiger partial charge in [0.05, 0.1) is 0 Å². The summed E-state index contributed by atoms with van der Waals surface area (Å²) in [5.74, 6) is -0.731. The van der Waals surface area contributed by atoms with Crippen LogP contribution in [0.1, 0.15) is 32.3 Å². The summed E-state index contributed by atoms with van der Waals surface area (Å²) in [5.41, 5.74) is 2.48. The maximum absolute atomic E-state index is 10.4. The van der Waals surface area contributed by atoms with E-state index in [0.717, 1.165) is 26.2 Å². The van der Waals surface area contributed by atoms with Crippen molar-refractivity contribution in [3.63, 3.8) is 0 Å². The summed E-state index contributed by atoms with van der Waals surface area (Å²) in [6, 6.07) is 8.53. The van der Waals surface area contributed by atoms with Crippen molar-refractivity contribution in [1.82, 2.24) is 5.32 Å². The summed E-state index contributed by atoms with van der Waals surface area (Å²) < 4.78 is 0. The van der Waals surface area contributed by atoms with E-state index in [1.165, 1.54) is 11.3 Å². The lowest BCUT2D eigenvalue weighted by Crippen LogP contribution is -2.21. The Labute approximate surface area is 115 Å². The Morgan fingerprint density at radius 2 is 1.84 bits per heavy atom. The molecule has 0 aliphatic heterocycles. The zero-order valence-electron chi connectivity index (χ0n) is 11.9. The minimum atomic E-state index is -0.731. The number of carboxylic acid groups (broad SMARTS) is 1. The van der Waals surface area contributed by atoms with Crippen LogP contribution in [0.4, 0.5) is 5.69 Å². The van der Waals surface area contributed by atoms with Gasteiger partial charge in [0.15, 0.2) is 0 Å². The van der Waals surface area contributed by atoms with Crippen LogP contribution >= 0.6 is 0 Å². The van der Waals surface area contributed by atoms with Gasteiger partial charge in [0.25, 0.3) is 0 Å². The van der Waals surface area contributed by atoms with E-state index in [4.69, 9.17) is 5.11 Å². The number of hydrogen-bond donors (Lipinski definition) is 2. The van der Waals surface area contributed by atoms with Crippen molar-refractivity contribution in [2.75, 3.05) is 24.5 Å². The van der Waals surface area contributed by atoms with E-state index in [2.05, 4.69) is 48.3 Å². The van der Waals surface area contributed by atoms with Gasteiger partial charge in [0, 0.05) is 31.7 Å². The fraction of sp³-hybridized carbons (Fsp3) is 0.533. The summed E-state index contributed by atoms with van der Waals surface area (Å²) in [5, 5.41) is 11.8. The fourth-order valence-electron chi connectivity index (χ4n) is 2.01. The lowest BCUT2D eigenvalue weighted by molar-refractivity contribution is -0.137. The highest BCUT2D eigenvalue weighted by Crippen LogP contribution is 2.14. The smallest absolute Gasteiger partial charge is 0.303 e. The Hall–Kier alpha value is -1.55. The molecule has 0 heterocycles. The molecule has 19 heavy (non-hydrogen) atoms. The summed E-state index contributed by atoms with van der Waals surface area (Å²) in [4.78, 5) is 12.7. The topological polar surface area (TPSA) is 52.6 Å². The SMILES string of the molecule is CCN(CC)c1ccc(CNCCCC(=O)O)cc1. The zero-order valence-corrected chi connectivity index (χ0v) is 11.9. The molecule has 106 valence electrons. The molecule has 0 aromatic heterocycles. The molecule has 0 unspecified atom stereocenters. The maximum atomic E-state index is 10.4. The minimum Gasteiger partial charge on any atom is -0.481 e. The molecule has 0 bridgehead atoms. The number of benzene rings is 1. The minimum absolute atomic E-state index is 0.230. The van der Waals surface area contributed by atoms with Crippen LogP contribution in [0, 0.1) is 0 Å². The van der Waals surface area contributed by atoms with Gasteiger partial charge in [-0.2, -0.15) is 0 Å². The van der Waals surface area contributed by atoms with Crippen molar-refractivity contribution < 1.29 is 9.90 Å². The number of aliphatic carboxylic acids is 1. The van der Waals surface area contributed by atoms with Gasteiger partial charge in [-0.25, -0.2) is 0 Å². The molecule has 0 spiro atoms. The lowest BCUT2D eigenvalue weighted by atomic mass is 10.2. The summed E-state index contributed by atoms with van der Waals surface area (Å²) in [6.45, 7) is 7.87. The molecule has 0 fully saturated rings. The van der Waals surface area contributed by atoms with Crippen LogP contribution in [0.3, 0.4) is 0 Å². The third-order valence-electron chi connectivity index (χ3n) is 3.14. The van der Waals surface area contributed by atoms with Crippen molar-refractivity contribution in [3.8, 4) is 0 Å². The molecule has 0 amide bonds. The molecule has 4 heteroatoms. The molecule has 1 rings (SSSR count). The van der Waals surface area contributed by atoms with Crippen LogP contribution < -0.4 is 10.2 Å². The number of rotatable bonds is 9. The van der Waals surface area contributed by atoms with Crippen LogP contribution in [0.25, 0.3) is 0 Å². The van der Waals surface area contributed by atoms with Crippen molar-refractivity contribution in [1.29, 1.82) is 0 Å². The molecule has 0 saturated heterocycles. The van der Waals surface area contributed by atoms with Gasteiger partial charge in [0.1, 0.15) is 0 Å². The Morgan fingerprint density at radius 1 is 1.21 bits per heavy atom. The van der Waals surface area contributed by atoms with Gasteiger partial charge in [-0.1, -0.05) is 12.1 Å². The number of nitrogens with one attached hydrogen (secondary N) is 1.